The largest absolute Gasteiger partial charge is 0.491 e. The highest BCUT2D eigenvalue weighted by Gasteiger charge is 2.43. The molecule has 0 amide bonds. The van der Waals surface area contributed by atoms with Crippen LogP contribution in [-0.4, -0.2) is 33.5 Å². The minimum Gasteiger partial charge on any atom is -0.381 e. The fourth-order valence-corrected chi connectivity index (χ4v) is 3.39. The van der Waals surface area contributed by atoms with Crippen molar-refractivity contribution in [1.82, 2.24) is 15.4 Å². The highest BCUT2D eigenvalue weighted by atomic mass is 35.5. The summed E-state index contributed by atoms with van der Waals surface area (Å²) in [4.78, 5) is 22.6. The summed E-state index contributed by atoms with van der Waals surface area (Å²) in [6.45, 7) is 0. The summed E-state index contributed by atoms with van der Waals surface area (Å²) in [5.74, 6) is -3.79. The Hall–Kier alpha value is -2.59. The van der Waals surface area contributed by atoms with Crippen LogP contribution in [-0.2, 0) is 15.3 Å². The molecule has 0 aliphatic carbocycles. The van der Waals surface area contributed by atoms with Crippen molar-refractivity contribution in [3.8, 4) is 0 Å². The fourth-order valence-electron chi connectivity index (χ4n) is 2.24. The topological polar surface area (TPSA) is 84.9 Å². The van der Waals surface area contributed by atoms with E-state index < -0.39 is 23.8 Å². The number of nitrogens with zero attached hydrogens (tertiary/aromatic N) is 2. The van der Waals surface area contributed by atoms with Crippen molar-refractivity contribution in [3.63, 3.8) is 0 Å². The SMILES string of the molecule is O=C(OC(=O)C(F)(F)F)c1[nH]nnc1SCc1ccc(Cl)c2ccccc12. The zero-order chi connectivity index (χ0) is 19.6. The molecule has 0 atom stereocenters. The number of esters is 2. The average Bonchev–Trinajstić information content (AvgIpc) is 3.09. The minimum atomic E-state index is -5.28. The second-order valence-electron chi connectivity index (χ2n) is 5.21. The number of hydrogen-bond donors (Lipinski definition) is 1. The van der Waals surface area contributed by atoms with Crippen LogP contribution in [0.15, 0.2) is 41.4 Å². The monoisotopic (exact) mass is 415 g/mol. The molecule has 0 spiro atoms. The average molecular weight is 416 g/mol. The summed E-state index contributed by atoms with van der Waals surface area (Å²) in [5.41, 5.74) is 0.435. The van der Waals surface area contributed by atoms with Crippen molar-refractivity contribution in [2.45, 2.75) is 17.0 Å². The maximum absolute atomic E-state index is 12.2. The van der Waals surface area contributed by atoms with Gasteiger partial charge in [-0.1, -0.05) is 58.9 Å². The van der Waals surface area contributed by atoms with Crippen molar-refractivity contribution < 1.29 is 27.5 Å². The predicted molar refractivity (Wildman–Crippen MR) is 91.4 cm³/mol. The lowest BCUT2D eigenvalue weighted by Crippen LogP contribution is -2.28. The molecule has 0 unspecified atom stereocenters. The van der Waals surface area contributed by atoms with Crippen molar-refractivity contribution >= 4 is 46.1 Å². The van der Waals surface area contributed by atoms with Crippen LogP contribution in [0.25, 0.3) is 10.8 Å². The summed E-state index contributed by atoms with van der Waals surface area (Å²) in [7, 11) is 0. The molecule has 27 heavy (non-hydrogen) atoms. The Bertz CT molecular complexity index is 1020. The Morgan fingerprint density at radius 1 is 1.15 bits per heavy atom. The Labute approximate surface area is 159 Å². The molecule has 0 bridgehead atoms. The quantitative estimate of drug-likeness (QED) is 0.391. The van der Waals surface area contributed by atoms with E-state index in [2.05, 4.69) is 20.1 Å². The second kappa shape index (κ2) is 7.57. The van der Waals surface area contributed by atoms with Gasteiger partial charge in [0.25, 0.3) is 0 Å². The first-order valence-corrected chi connectivity index (χ1v) is 8.67. The van der Waals surface area contributed by atoms with Gasteiger partial charge in [-0.25, -0.2) is 14.7 Å². The van der Waals surface area contributed by atoms with Gasteiger partial charge in [0.2, 0.25) is 0 Å². The van der Waals surface area contributed by atoms with Gasteiger partial charge in [0.05, 0.1) is 0 Å². The molecule has 1 heterocycles. The maximum atomic E-state index is 12.2. The number of carbonyl (C=O) groups is 2. The number of benzene rings is 2. The number of H-pyrrole nitrogens is 1. The maximum Gasteiger partial charge on any atom is 0.491 e. The van der Waals surface area contributed by atoms with Gasteiger partial charge in [-0.05, 0) is 17.0 Å². The van der Waals surface area contributed by atoms with Gasteiger partial charge in [0.15, 0.2) is 10.7 Å². The lowest BCUT2D eigenvalue weighted by Gasteiger charge is -2.08. The number of ether oxygens (including phenoxy) is 1. The number of aromatic nitrogens is 3. The molecule has 0 aliphatic rings. The van der Waals surface area contributed by atoms with Gasteiger partial charge < -0.3 is 4.74 Å². The van der Waals surface area contributed by atoms with Crippen molar-refractivity contribution in [2.24, 2.45) is 0 Å². The van der Waals surface area contributed by atoms with E-state index in [1.54, 1.807) is 12.1 Å². The normalized spacial score (nSPS) is 11.6. The Morgan fingerprint density at radius 2 is 1.85 bits per heavy atom. The molecule has 3 rings (SSSR count). The number of fused-ring (bicyclic) bond motifs is 1. The molecule has 3 aromatic rings. The first kappa shape index (κ1) is 19.2. The highest BCUT2D eigenvalue weighted by molar-refractivity contribution is 7.98. The minimum absolute atomic E-state index is 0.00834. The molecule has 11 heteroatoms. The third-order valence-electron chi connectivity index (χ3n) is 3.46. The fraction of sp³-hybridized carbons (Fsp3) is 0.125. The molecule has 140 valence electrons. The van der Waals surface area contributed by atoms with E-state index in [9.17, 15) is 22.8 Å². The Balaban J connectivity index is 1.78. The lowest BCUT2D eigenvalue weighted by molar-refractivity contribution is -0.193. The number of alkyl halides is 3. The molecule has 1 aromatic heterocycles. The van der Waals surface area contributed by atoms with Gasteiger partial charge in [0.1, 0.15) is 0 Å². The standard InChI is InChI=1S/C16H9ClF3N3O3S/c17-11-6-5-8(9-3-1-2-4-10(9)11)7-27-13-12(21-23-22-13)14(24)26-15(25)16(18,19)20/h1-6H,7H2,(H,21,22,23). The summed E-state index contributed by atoms with van der Waals surface area (Å²) in [6.07, 6.45) is -5.28. The van der Waals surface area contributed by atoms with Gasteiger partial charge in [-0.3, -0.25) is 0 Å². The van der Waals surface area contributed by atoms with E-state index in [0.29, 0.717) is 10.8 Å². The van der Waals surface area contributed by atoms with Crippen LogP contribution in [0.1, 0.15) is 16.1 Å². The van der Waals surface area contributed by atoms with E-state index in [1.165, 1.54) is 0 Å². The number of carbonyl (C=O) groups excluding carboxylic acids is 2. The summed E-state index contributed by atoms with van der Waals surface area (Å²) < 4.78 is 40.4. The Morgan fingerprint density at radius 3 is 2.56 bits per heavy atom. The van der Waals surface area contributed by atoms with E-state index in [1.807, 2.05) is 24.3 Å². The number of nitrogens with one attached hydrogen (secondary N) is 1. The molecular formula is C16H9ClF3N3O3S. The first-order chi connectivity index (χ1) is 12.8. The van der Waals surface area contributed by atoms with E-state index in [-0.39, 0.29) is 5.03 Å². The zero-order valence-electron chi connectivity index (χ0n) is 13.2. The van der Waals surface area contributed by atoms with Gasteiger partial charge >= 0.3 is 18.1 Å². The number of halogens is 4. The highest BCUT2D eigenvalue weighted by Crippen LogP contribution is 2.31. The third-order valence-corrected chi connectivity index (χ3v) is 4.81. The summed E-state index contributed by atoms with van der Waals surface area (Å²) >= 11 is 7.21. The van der Waals surface area contributed by atoms with E-state index in [0.717, 1.165) is 28.1 Å². The van der Waals surface area contributed by atoms with Gasteiger partial charge in [-0.2, -0.15) is 13.2 Å². The van der Waals surface area contributed by atoms with E-state index in [4.69, 9.17) is 11.6 Å². The van der Waals surface area contributed by atoms with Crippen molar-refractivity contribution in [1.29, 1.82) is 0 Å². The number of rotatable bonds is 4. The summed E-state index contributed by atoms with van der Waals surface area (Å²) in [6, 6.07) is 10.9. The summed E-state index contributed by atoms with van der Waals surface area (Å²) in [5, 5.41) is 11.5. The van der Waals surface area contributed by atoms with Crippen molar-refractivity contribution in [3.05, 3.63) is 52.7 Å². The van der Waals surface area contributed by atoms with Crippen LogP contribution in [0.2, 0.25) is 5.02 Å². The Kier molecular flexibility index (Phi) is 5.38. The molecule has 1 N–H and O–H groups in total. The van der Waals surface area contributed by atoms with Crippen LogP contribution < -0.4 is 0 Å². The zero-order valence-corrected chi connectivity index (χ0v) is 14.8. The van der Waals surface area contributed by atoms with E-state index >= 15 is 0 Å². The smallest absolute Gasteiger partial charge is 0.381 e. The molecule has 0 radical (unpaired) electrons. The van der Waals surface area contributed by atoms with Crippen molar-refractivity contribution in [2.75, 3.05) is 0 Å². The number of hydrogen-bond acceptors (Lipinski definition) is 6. The lowest BCUT2D eigenvalue weighted by atomic mass is 10.1. The van der Waals surface area contributed by atoms with Crippen LogP contribution in [0.3, 0.4) is 0 Å². The predicted octanol–water partition coefficient (Wildman–Crippen LogP) is 4.15. The van der Waals surface area contributed by atoms with Gasteiger partial charge in [-0.15, -0.1) is 5.10 Å². The van der Waals surface area contributed by atoms with Gasteiger partial charge in [0, 0.05) is 16.2 Å². The molecule has 0 aliphatic heterocycles. The molecule has 2 aromatic carbocycles. The van der Waals surface area contributed by atoms with Crippen LogP contribution in [0.5, 0.6) is 0 Å². The number of aromatic amines is 1. The number of thioether (sulfide) groups is 1. The molecule has 0 fully saturated rings. The van der Waals surface area contributed by atoms with Crippen LogP contribution >= 0.6 is 23.4 Å². The van der Waals surface area contributed by atoms with Crippen LogP contribution in [0.4, 0.5) is 13.2 Å². The molecule has 6 nitrogen and oxygen atoms in total. The molecule has 0 saturated heterocycles. The third kappa shape index (κ3) is 4.22. The second-order valence-corrected chi connectivity index (χ2v) is 6.58. The first-order valence-electron chi connectivity index (χ1n) is 7.30. The molecule has 0 saturated carbocycles. The molecular weight excluding hydrogens is 407 g/mol. The van der Waals surface area contributed by atoms with Crippen LogP contribution in [0, 0.1) is 0 Å².